The monoisotopic (exact) mass is 305 g/mol. The van der Waals surface area contributed by atoms with E-state index in [4.69, 9.17) is 0 Å². The van der Waals surface area contributed by atoms with Gasteiger partial charge in [-0.25, -0.2) is 0 Å². The number of rotatable bonds is 6. The van der Waals surface area contributed by atoms with E-state index in [0.717, 1.165) is 6.42 Å². The highest BCUT2D eigenvalue weighted by atomic mass is 79.9. The smallest absolute Gasteiger partial charge is 0.0866 e. The third-order valence-corrected chi connectivity index (χ3v) is 2.91. The summed E-state index contributed by atoms with van der Waals surface area (Å²) in [4.78, 5) is 2.48. The number of hydrogen-bond acceptors (Lipinski definition) is 1. The van der Waals surface area contributed by atoms with Gasteiger partial charge in [0.1, 0.15) is 0 Å². The van der Waals surface area contributed by atoms with Crippen molar-refractivity contribution in [2.75, 3.05) is 4.90 Å². The van der Waals surface area contributed by atoms with Crippen LogP contribution in [0.5, 0.6) is 0 Å². The summed E-state index contributed by atoms with van der Waals surface area (Å²) >= 11 is 3.67. The quantitative estimate of drug-likeness (QED) is 0.299. The molecule has 1 aromatic carbocycles. The normalized spacial score (nSPS) is 13.6. The van der Waals surface area contributed by atoms with Crippen molar-refractivity contribution >= 4 is 21.6 Å². The van der Waals surface area contributed by atoms with Crippen molar-refractivity contribution in [2.45, 2.75) is 25.2 Å². The topological polar surface area (TPSA) is 3.24 Å². The fraction of sp³-hybridized carbons (Fsp3) is 0.250. The number of para-hydroxylation sites is 1. The van der Waals surface area contributed by atoms with Gasteiger partial charge in [-0.3, -0.25) is 0 Å². The zero-order valence-corrected chi connectivity index (χ0v) is 12.6. The minimum absolute atomic E-state index is 0.229. The molecule has 1 aromatic rings. The second-order valence-electron chi connectivity index (χ2n) is 3.93. The van der Waals surface area contributed by atoms with Gasteiger partial charge in [-0.2, -0.15) is 0 Å². The van der Waals surface area contributed by atoms with Crippen molar-refractivity contribution in [3.63, 3.8) is 0 Å². The van der Waals surface area contributed by atoms with Crippen molar-refractivity contribution < 1.29 is 0 Å². The summed E-state index contributed by atoms with van der Waals surface area (Å²) in [5.41, 5.74) is 2.35. The summed E-state index contributed by atoms with van der Waals surface area (Å²) in [5, 5.41) is 0. The Morgan fingerprint density at radius 2 is 2.06 bits per heavy atom. The maximum Gasteiger partial charge on any atom is 0.0866 e. The maximum absolute atomic E-state index is 3.77. The summed E-state index contributed by atoms with van der Waals surface area (Å²) in [6, 6.07) is 10.4. The largest absolute Gasteiger partial charge is 0.329 e. The van der Waals surface area contributed by atoms with Crippen LogP contribution in [0.3, 0.4) is 0 Å². The van der Waals surface area contributed by atoms with Crippen molar-refractivity contribution in [2.24, 2.45) is 0 Å². The first-order chi connectivity index (χ1) is 8.70. The lowest BCUT2D eigenvalue weighted by molar-refractivity contribution is 0.927. The number of halogens is 1. The molecule has 1 atom stereocenters. The summed E-state index contributed by atoms with van der Waals surface area (Å²) in [6.45, 7) is 7.93. The molecule has 1 unspecified atom stereocenters. The number of allylic oxidation sites excluding steroid dienone is 4. The molecule has 0 aliphatic carbocycles. The molecule has 0 aliphatic heterocycles. The van der Waals surface area contributed by atoms with Crippen molar-refractivity contribution in [3.05, 3.63) is 66.9 Å². The van der Waals surface area contributed by atoms with E-state index in [2.05, 4.69) is 76.8 Å². The fourth-order valence-corrected chi connectivity index (χ4v) is 2.24. The van der Waals surface area contributed by atoms with E-state index in [1.807, 2.05) is 19.1 Å². The van der Waals surface area contributed by atoms with Gasteiger partial charge in [-0.05, 0) is 38.5 Å². The summed E-state index contributed by atoms with van der Waals surface area (Å²) in [7, 11) is 0. The zero-order valence-electron chi connectivity index (χ0n) is 11.0. The Kier molecular flexibility index (Phi) is 6.51. The van der Waals surface area contributed by atoms with Gasteiger partial charge in [-0.1, -0.05) is 52.4 Å². The molecule has 2 heteroatoms. The third-order valence-electron chi connectivity index (χ3n) is 2.50. The maximum atomic E-state index is 3.77. The summed E-state index contributed by atoms with van der Waals surface area (Å²) in [5.74, 6) is 0. The van der Waals surface area contributed by atoms with Gasteiger partial charge in [0.05, 0.1) is 4.95 Å². The van der Waals surface area contributed by atoms with Gasteiger partial charge in [0, 0.05) is 11.4 Å². The van der Waals surface area contributed by atoms with E-state index in [1.165, 1.54) is 11.4 Å². The fourth-order valence-electron chi connectivity index (χ4n) is 1.77. The van der Waals surface area contributed by atoms with Gasteiger partial charge in [0.2, 0.25) is 0 Å². The summed E-state index contributed by atoms with van der Waals surface area (Å²) in [6.07, 6.45) is 9.13. The van der Waals surface area contributed by atoms with Crippen LogP contribution in [-0.4, -0.2) is 4.95 Å². The highest BCUT2D eigenvalue weighted by molar-refractivity contribution is 9.09. The Hall–Kier alpha value is -1.28. The molecule has 0 fully saturated rings. The molecule has 96 valence electrons. The Morgan fingerprint density at radius 3 is 2.56 bits per heavy atom. The van der Waals surface area contributed by atoms with Crippen LogP contribution in [0.2, 0.25) is 0 Å². The van der Waals surface area contributed by atoms with E-state index >= 15 is 0 Å². The molecule has 0 aromatic heterocycles. The average molecular weight is 306 g/mol. The van der Waals surface area contributed by atoms with E-state index in [1.54, 1.807) is 0 Å². The second-order valence-corrected chi connectivity index (χ2v) is 5.26. The first-order valence-corrected chi connectivity index (χ1v) is 7.04. The van der Waals surface area contributed by atoms with Crippen LogP contribution in [0.15, 0.2) is 66.9 Å². The molecule has 0 aliphatic rings. The van der Waals surface area contributed by atoms with Gasteiger partial charge < -0.3 is 4.90 Å². The van der Waals surface area contributed by atoms with Crippen LogP contribution >= 0.6 is 15.9 Å². The van der Waals surface area contributed by atoms with Crippen molar-refractivity contribution in [1.82, 2.24) is 0 Å². The number of hydrogen-bond donors (Lipinski definition) is 0. The van der Waals surface area contributed by atoms with Crippen LogP contribution in [-0.2, 0) is 0 Å². The highest BCUT2D eigenvalue weighted by Gasteiger charge is 2.14. The zero-order chi connectivity index (χ0) is 13.4. The molecule has 0 bridgehead atoms. The molecule has 18 heavy (non-hydrogen) atoms. The molecule has 0 saturated carbocycles. The lowest BCUT2D eigenvalue weighted by Gasteiger charge is -2.29. The number of nitrogens with zero attached hydrogens (tertiary/aromatic N) is 1. The molecule has 0 heterocycles. The van der Waals surface area contributed by atoms with Gasteiger partial charge in [0.25, 0.3) is 0 Å². The molecule has 0 amide bonds. The predicted molar refractivity (Wildman–Crippen MR) is 85.0 cm³/mol. The van der Waals surface area contributed by atoms with Crippen LogP contribution < -0.4 is 4.90 Å². The standard InChI is InChI=1S/C16H20BrN/c1-4-6-11-15(10-5-2)18(14(3)17)16-12-8-7-9-13-16/h4-5,7-14H,1,6H2,2-3H3/b10-5-,15-11+. The molecule has 1 rings (SSSR count). The van der Waals surface area contributed by atoms with Crippen molar-refractivity contribution in [3.8, 4) is 0 Å². The van der Waals surface area contributed by atoms with Crippen LogP contribution in [0.25, 0.3) is 0 Å². The van der Waals surface area contributed by atoms with Gasteiger partial charge in [-0.15, -0.1) is 6.58 Å². The SMILES string of the molecule is C=CC/C=C(\C=C/C)N(c1ccccc1)C(C)Br. The molecule has 1 nitrogen and oxygen atoms in total. The minimum Gasteiger partial charge on any atom is -0.329 e. The van der Waals surface area contributed by atoms with E-state index in [-0.39, 0.29) is 4.95 Å². The van der Waals surface area contributed by atoms with Crippen LogP contribution in [0.4, 0.5) is 5.69 Å². The van der Waals surface area contributed by atoms with E-state index < -0.39 is 0 Å². The van der Waals surface area contributed by atoms with Crippen molar-refractivity contribution in [1.29, 1.82) is 0 Å². The molecule has 0 radical (unpaired) electrons. The first kappa shape index (κ1) is 14.8. The van der Waals surface area contributed by atoms with Gasteiger partial charge >= 0.3 is 0 Å². The number of alkyl halides is 1. The third kappa shape index (κ3) is 4.19. The number of benzene rings is 1. The molecular weight excluding hydrogens is 286 g/mol. The van der Waals surface area contributed by atoms with Crippen LogP contribution in [0, 0.1) is 0 Å². The second kappa shape index (κ2) is 7.93. The Morgan fingerprint density at radius 1 is 1.39 bits per heavy atom. The predicted octanol–water partition coefficient (Wildman–Crippen LogP) is 5.27. The average Bonchev–Trinajstić information content (AvgIpc) is 2.37. The molecular formula is C16H20BrN. The lowest BCUT2D eigenvalue weighted by atomic mass is 10.2. The Bertz CT molecular complexity index is 418. The number of anilines is 1. The van der Waals surface area contributed by atoms with E-state index in [0.29, 0.717) is 0 Å². The lowest BCUT2D eigenvalue weighted by Crippen LogP contribution is -2.27. The van der Waals surface area contributed by atoms with Crippen LogP contribution in [0.1, 0.15) is 20.3 Å². The molecule has 0 saturated heterocycles. The highest BCUT2D eigenvalue weighted by Crippen LogP contribution is 2.25. The Labute approximate surface area is 119 Å². The van der Waals surface area contributed by atoms with E-state index in [9.17, 15) is 0 Å². The first-order valence-electron chi connectivity index (χ1n) is 6.12. The summed E-state index contributed by atoms with van der Waals surface area (Å²) < 4.78 is 0. The molecule has 0 N–H and O–H groups in total. The molecule has 0 spiro atoms. The minimum atomic E-state index is 0.229. The van der Waals surface area contributed by atoms with Gasteiger partial charge in [0.15, 0.2) is 0 Å². The Balaban J connectivity index is 3.13.